The van der Waals surface area contributed by atoms with E-state index < -0.39 is 0 Å². The van der Waals surface area contributed by atoms with E-state index in [1.807, 2.05) is 14.0 Å². The lowest BCUT2D eigenvalue weighted by atomic mass is 9.92. The molecule has 0 aromatic carbocycles. The molecule has 1 fully saturated rings. The molecule has 1 aliphatic rings. The number of hydrogen-bond donors (Lipinski definition) is 1. The predicted octanol–water partition coefficient (Wildman–Crippen LogP) is 0.524. The first-order chi connectivity index (χ1) is 7.54. The first-order valence-electron chi connectivity index (χ1n) is 6.26. The lowest BCUT2D eigenvalue weighted by Gasteiger charge is -2.34. The number of amides is 1. The second-order valence-corrected chi connectivity index (χ2v) is 4.90. The largest absolute Gasteiger partial charge is 0.345 e. The van der Waals surface area contributed by atoms with Crippen molar-refractivity contribution in [1.82, 2.24) is 9.80 Å². The minimum Gasteiger partial charge on any atom is -0.345 e. The van der Waals surface area contributed by atoms with Crippen LogP contribution >= 0.6 is 0 Å². The molecule has 0 aromatic rings. The van der Waals surface area contributed by atoms with Crippen LogP contribution in [0.1, 0.15) is 26.7 Å². The van der Waals surface area contributed by atoms with Gasteiger partial charge in [0.1, 0.15) is 0 Å². The van der Waals surface area contributed by atoms with Gasteiger partial charge in [-0.2, -0.15) is 0 Å². The minimum absolute atomic E-state index is 0.216. The van der Waals surface area contributed by atoms with Gasteiger partial charge in [0.2, 0.25) is 5.91 Å². The third-order valence-electron chi connectivity index (χ3n) is 3.54. The molecule has 94 valence electrons. The van der Waals surface area contributed by atoms with Gasteiger partial charge in [-0.05, 0) is 39.2 Å². The van der Waals surface area contributed by atoms with Gasteiger partial charge in [0.15, 0.2) is 0 Å². The molecule has 2 N–H and O–H groups in total. The molecule has 1 aliphatic heterocycles. The molecule has 0 bridgehead atoms. The molecular formula is C12H25N3O. The van der Waals surface area contributed by atoms with E-state index in [-0.39, 0.29) is 11.9 Å². The van der Waals surface area contributed by atoms with Crippen molar-refractivity contribution in [3.63, 3.8) is 0 Å². The monoisotopic (exact) mass is 227 g/mol. The van der Waals surface area contributed by atoms with Crippen LogP contribution in [0.15, 0.2) is 0 Å². The summed E-state index contributed by atoms with van der Waals surface area (Å²) in [6.45, 7) is 7.40. The number of carbonyl (C=O) groups is 1. The van der Waals surface area contributed by atoms with E-state index in [1.54, 1.807) is 4.90 Å². The highest BCUT2D eigenvalue weighted by Gasteiger charge is 2.24. The molecule has 4 nitrogen and oxygen atoms in total. The van der Waals surface area contributed by atoms with E-state index >= 15 is 0 Å². The molecule has 0 saturated carbocycles. The summed E-state index contributed by atoms with van der Waals surface area (Å²) in [5.41, 5.74) is 5.92. The van der Waals surface area contributed by atoms with Crippen molar-refractivity contribution >= 4 is 5.91 Å². The number of rotatable bonds is 4. The van der Waals surface area contributed by atoms with Crippen LogP contribution in [0.25, 0.3) is 0 Å². The summed E-state index contributed by atoms with van der Waals surface area (Å²) in [6, 6.07) is 0.238. The normalized spacial score (nSPS) is 24.1. The van der Waals surface area contributed by atoms with E-state index in [1.165, 1.54) is 6.42 Å². The molecule has 4 heteroatoms. The van der Waals surface area contributed by atoms with Crippen molar-refractivity contribution in [2.45, 2.75) is 32.7 Å². The van der Waals surface area contributed by atoms with Crippen molar-refractivity contribution < 1.29 is 4.79 Å². The maximum atomic E-state index is 11.8. The molecule has 0 aliphatic carbocycles. The minimum atomic E-state index is 0.216. The Morgan fingerprint density at radius 3 is 2.88 bits per heavy atom. The smallest absolute Gasteiger partial charge is 0.236 e. The van der Waals surface area contributed by atoms with Gasteiger partial charge in [-0.25, -0.2) is 0 Å². The Morgan fingerprint density at radius 2 is 2.31 bits per heavy atom. The van der Waals surface area contributed by atoms with Crippen molar-refractivity contribution in [1.29, 1.82) is 0 Å². The van der Waals surface area contributed by atoms with Crippen LogP contribution < -0.4 is 5.73 Å². The number of piperidine rings is 1. The molecule has 2 atom stereocenters. The molecule has 0 radical (unpaired) electrons. The highest BCUT2D eigenvalue weighted by Crippen LogP contribution is 2.18. The van der Waals surface area contributed by atoms with E-state index in [0.717, 1.165) is 26.1 Å². The molecule has 1 amide bonds. The van der Waals surface area contributed by atoms with Crippen LogP contribution in [0.2, 0.25) is 0 Å². The van der Waals surface area contributed by atoms with E-state index in [9.17, 15) is 4.79 Å². The third kappa shape index (κ3) is 3.76. The average Bonchev–Trinajstić information content (AvgIpc) is 2.28. The highest BCUT2D eigenvalue weighted by atomic mass is 16.2. The fourth-order valence-corrected chi connectivity index (χ4v) is 2.15. The average molecular weight is 227 g/mol. The van der Waals surface area contributed by atoms with Crippen molar-refractivity contribution in [2.75, 3.05) is 33.2 Å². The Balaban J connectivity index is 2.40. The topological polar surface area (TPSA) is 49.6 Å². The van der Waals surface area contributed by atoms with Crippen molar-refractivity contribution in [2.24, 2.45) is 11.7 Å². The second-order valence-electron chi connectivity index (χ2n) is 4.90. The van der Waals surface area contributed by atoms with Crippen molar-refractivity contribution in [3.05, 3.63) is 0 Å². The number of nitrogens with zero attached hydrogens (tertiary/aromatic N) is 2. The molecule has 0 aromatic heterocycles. The zero-order valence-electron chi connectivity index (χ0n) is 10.8. The van der Waals surface area contributed by atoms with Gasteiger partial charge >= 0.3 is 0 Å². The summed E-state index contributed by atoms with van der Waals surface area (Å²) in [6.07, 6.45) is 2.36. The Labute approximate surface area is 98.8 Å². The molecule has 1 saturated heterocycles. The molecule has 2 unspecified atom stereocenters. The highest BCUT2D eigenvalue weighted by molar-refractivity contribution is 5.77. The second kappa shape index (κ2) is 6.21. The van der Waals surface area contributed by atoms with Gasteiger partial charge in [0, 0.05) is 26.2 Å². The summed E-state index contributed by atoms with van der Waals surface area (Å²) in [7, 11) is 1.86. The third-order valence-corrected chi connectivity index (χ3v) is 3.54. The van der Waals surface area contributed by atoms with Gasteiger partial charge < -0.3 is 10.6 Å². The molecular weight excluding hydrogens is 202 g/mol. The molecule has 16 heavy (non-hydrogen) atoms. The van der Waals surface area contributed by atoms with Gasteiger partial charge in [-0.3, -0.25) is 9.69 Å². The predicted molar refractivity (Wildman–Crippen MR) is 66.1 cm³/mol. The quantitative estimate of drug-likeness (QED) is 0.762. The Kier molecular flexibility index (Phi) is 5.22. The maximum Gasteiger partial charge on any atom is 0.236 e. The molecule has 1 rings (SSSR count). The van der Waals surface area contributed by atoms with E-state index in [0.29, 0.717) is 12.5 Å². The number of carbonyl (C=O) groups excluding carboxylic acids is 1. The van der Waals surface area contributed by atoms with Gasteiger partial charge in [-0.15, -0.1) is 0 Å². The van der Waals surface area contributed by atoms with Gasteiger partial charge in [0.05, 0.1) is 6.54 Å². The van der Waals surface area contributed by atoms with Crippen LogP contribution in [-0.2, 0) is 4.79 Å². The maximum absolute atomic E-state index is 11.8. The number of nitrogens with two attached hydrogens (primary N) is 1. The van der Waals surface area contributed by atoms with Crippen LogP contribution in [0, 0.1) is 5.92 Å². The fourth-order valence-electron chi connectivity index (χ4n) is 2.15. The first-order valence-corrected chi connectivity index (χ1v) is 6.26. The van der Waals surface area contributed by atoms with E-state index in [4.69, 9.17) is 5.73 Å². The summed E-state index contributed by atoms with van der Waals surface area (Å²) in [5.74, 6) is 0.765. The zero-order chi connectivity index (χ0) is 12.1. The van der Waals surface area contributed by atoms with Crippen molar-refractivity contribution in [3.8, 4) is 0 Å². The molecule has 1 heterocycles. The zero-order valence-corrected chi connectivity index (χ0v) is 10.8. The first kappa shape index (κ1) is 13.5. The van der Waals surface area contributed by atoms with Crippen LogP contribution in [0.4, 0.5) is 0 Å². The van der Waals surface area contributed by atoms with Crippen LogP contribution in [-0.4, -0.2) is 55.0 Å². The SMILES string of the molecule is CCN(C)C(=O)CN1CCCC(C(C)N)C1. The summed E-state index contributed by atoms with van der Waals surface area (Å²) in [4.78, 5) is 15.8. The summed E-state index contributed by atoms with van der Waals surface area (Å²) in [5, 5.41) is 0. The lowest BCUT2D eigenvalue weighted by Crippen LogP contribution is -2.46. The Bertz CT molecular complexity index is 230. The Hall–Kier alpha value is -0.610. The van der Waals surface area contributed by atoms with Crippen LogP contribution in [0.3, 0.4) is 0 Å². The van der Waals surface area contributed by atoms with E-state index in [2.05, 4.69) is 11.8 Å². The number of likely N-dealkylation sites (N-methyl/N-ethyl adjacent to an activating group) is 1. The van der Waals surface area contributed by atoms with Gasteiger partial charge in [-0.1, -0.05) is 0 Å². The summed E-state index contributed by atoms with van der Waals surface area (Å²) >= 11 is 0. The van der Waals surface area contributed by atoms with Gasteiger partial charge in [0.25, 0.3) is 0 Å². The fraction of sp³-hybridized carbons (Fsp3) is 0.917. The Morgan fingerprint density at radius 1 is 1.62 bits per heavy atom. The lowest BCUT2D eigenvalue weighted by molar-refractivity contribution is -0.131. The number of likely N-dealkylation sites (tertiary alicyclic amines) is 1. The molecule has 0 spiro atoms. The van der Waals surface area contributed by atoms with Crippen LogP contribution in [0.5, 0.6) is 0 Å². The summed E-state index contributed by atoms with van der Waals surface area (Å²) < 4.78 is 0. The standard InChI is InChI=1S/C12H25N3O/c1-4-14(3)12(16)9-15-7-5-6-11(8-15)10(2)13/h10-11H,4-9,13H2,1-3H3. The number of hydrogen-bond acceptors (Lipinski definition) is 3.